The lowest BCUT2D eigenvalue weighted by Crippen LogP contribution is -2.42. The van der Waals surface area contributed by atoms with Crippen molar-refractivity contribution in [3.63, 3.8) is 0 Å². The Balaban J connectivity index is 1.52. The molecule has 114 valence electrons. The van der Waals surface area contributed by atoms with Crippen LogP contribution < -0.4 is 0 Å². The highest BCUT2D eigenvalue weighted by atomic mass is 32.1. The molecule has 0 saturated carbocycles. The van der Waals surface area contributed by atoms with Crippen LogP contribution in [-0.4, -0.2) is 55.0 Å². The van der Waals surface area contributed by atoms with Crippen molar-refractivity contribution in [2.24, 2.45) is 5.92 Å². The monoisotopic (exact) mass is 308 g/mol. The van der Waals surface area contributed by atoms with E-state index in [0.29, 0.717) is 13.1 Å². The maximum atomic E-state index is 12.4. The van der Waals surface area contributed by atoms with Crippen LogP contribution >= 0.6 is 11.3 Å². The fraction of sp³-hybridized carbons (Fsp3) is 0.600. The molecule has 0 aromatic carbocycles. The molecule has 1 saturated heterocycles. The molecular weight excluding hydrogens is 288 g/mol. The minimum absolute atomic E-state index is 0.0763. The summed E-state index contributed by atoms with van der Waals surface area (Å²) in [6, 6.07) is 2.11. The van der Waals surface area contributed by atoms with E-state index in [0.717, 1.165) is 32.5 Å². The summed E-state index contributed by atoms with van der Waals surface area (Å²) < 4.78 is 4.77. The van der Waals surface area contributed by atoms with Gasteiger partial charge in [-0.3, -0.25) is 14.5 Å². The molecule has 1 aromatic heterocycles. The molecule has 0 radical (unpaired) electrons. The summed E-state index contributed by atoms with van der Waals surface area (Å²) in [5.74, 6) is -0.0733. The third kappa shape index (κ3) is 3.11. The van der Waals surface area contributed by atoms with E-state index in [1.807, 2.05) is 4.90 Å². The molecule has 0 bridgehead atoms. The quantitative estimate of drug-likeness (QED) is 0.786. The zero-order valence-corrected chi connectivity index (χ0v) is 13.0. The molecule has 1 unspecified atom stereocenters. The van der Waals surface area contributed by atoms with Gasteiger partial charge in [0.25, 0.3) is 0 Å². The SMILES string of the molecule is COC(=O)C1CCN(CC(=O)N2CCc3sccc3C2)C1. The molecule has 1 fully saturated rings. The van der Waals surface area contributed by atoms with E-state index in [2.05, 4.69) is 16.3 Å². The summed E-state index contributed by atoms with van der Waals surface area (Å²) in [5.41, 5.74) is 1.29. The molecule has 0 aliphatic carbocycles. The van der Waals surface area contributed by atoms with E-state index in [1.54, 1.807) is 11.3 Å². The number of ether oxygens (including phenoxy) is 1. The van der Waals surface area contributed by atoms with Crippen LogP contribution in [0.2, 0.25) is 0 Å². The Morgan fingerprint density at radius 1 is 1.43 bits per heavy atom. The van der Waals surface area contributed by atoms with Gasteiger partial charge in [-0.05, 0) is 36.4 Å². The normalized spacial score (nSPS) is 22.1. The second kappa shape index (κ2) is 6.15. The van der Waals surface area contributed by atoms with Crippen molar-refractivity contribution in [1.82, 2.24) is 9.80 Å². The number of rotatable bonds is 3. The third-order valence-electron chi connectivity index (χ3n) is 4.33. The number of likely N-dealkylation sites (tertiary alicyclic amines) is 1. The fourth-order valence-corrected chi connectivity index (χ4v) is 3.98. The molecule has 1 aromatic rings. The lowest BCUT2D eigenvalue weighted by atomic mass is 10.1. The minimum atomic E-state index is -0.161. The van der Waals surface area contributed by atoms with Gasteiger partial charge in [0.2, 0.25) is 5.91 Å². The van der Waals surface area contributed by atoms with Crippen molar-refractivity contribution in [2.75, 3.05) is 33.3 Å². The van der Waals surface area contributed by atoms with E-state index >= 15 is 0 Å². The number of hydrogen-bond acceptors (Lipinski definition) is 5. The Morgan fingerprint density at radius 2 is 2.29 bits per heavy atom. The Labute approximate surface area is 128 Å². The van der Waals surface area contributed by atoms with E-state index in [1.165, 1.54) is 17.6 Å². The van der Waals surface area contributed by atoms with Gasteiger partial charge in [0.05, 0.1) is 19.6 Å². The predicted molar refractivity (Wildman–Crippen MR) is 80.0 cm³/mol. The Hall–Kier alpha value is -1.40. The second-order valence-electron chi connectivity index (χ2n) is 5.68. The van der Waals surface area contributed by atoms with Gasteiger partial charge < -0.3 is 9.64 Å². The Bertz CT molecular complexity index is 543. The lowest BCUT2D eigenvalue weighted by molar-refractivity contribution is -0.145. The van der Waals surface area contributed by atoms with Crippen LogP contribution in [0.15, 0.2) is 11.4 Å². The number of carbonyl (C=O) groups is 2. The first-order valence-electron chi connectivity index (χ1n) is 7.30. The second-order valence-corrected chi connectivity index (χ2v) is 6.68. The molecule has 3 heterocycles. The molecule has 2 aliphatic heterocycles. The van der Waals surface area contributed by atoms with Crippen LogP contribution in [0, 0.1) is 5.92 Å². The topological polar surface area (TPSA) is 49.9 Å². The van der Waals surface area contributed by atoms with Crippen LogP contribution in [0.4, 0.5) is 0 Å². The average Bonchev–Trinajstić information content (AvgIpc) is 3.14. The van der Waals surface area contributed by atoms with Gasteiger partial charge in [-0.2, -0.15) is 0 Å². The van der Waals surface area contributed by atoms with Crippen molar-refractivity contribution in [1.29, 1.82) is 0 Å². The standard InChI is InChI=1S/C15H20N2O3S/c1-20-15(19)12-2-5-16(8-12)10-14(18)17-6-3-13-11(9-17)4-7-21-13/h4,7,12H,2-3,5-6,8-10H2,1H3. The first-order valence-corrected chi connectivity index (χ1v) is 8.18. The van der Waals surface area contributed by atoms with Crippen molar-refractivity contribution in [3.05, 3.63) is 21.9 Å². The number of methoxy groups -OCH3 is 1. The zero-order valence-electron chi connectivity index (χ0n) is 12.2. The zero-order chi connectivity index (χ0) is 14.8. The van der Waals surface area contributed by atoms with Crippen LogP contribution in [0.5, 0.6) is 0 Å². The number of hydrogen-bond donors (Lipinski definition) is 0. The molecule has 6 heteroatoms. The van der Waals surface area contributed by atoms with Gasteiger partial charge in [-0.1, -0.05) is 0 Å². The summed E-state index contributed by atoms with van der Waals surface area (Å²) in [7, 11) is 1.42. The summed E-state index contributed by atoms with van der Waals surface area (Å²) in [6.45, 7) is 3.37. The molecule has 5 nitrogen and oxygen atoms in total. The summed E-state index contributed by atoms with van der Waals surface area (Å²) >= 11 is 1.78. The van der Waals surface area contributed by atoms with E-state index in [9.17, 15) is 9.59 Å². The van der Waals surface area contributed by atoms with Crippen molar-refractivity contribution in [2.45, 2.75) is 19.4 Å². The first-order chi connectivity index (χ1) is 10.2. The highest BCUT2D eigenvalue weighted by molar-refractivity contribution is 7.10. The molecule has 0 spiro atoms. The summed E-state index contributed by atoms with van der Waals surface area (Å²) in [5, 5.41) is 2.10. The fourth-order valence-electron chi connectivity index (χ4n) is 3.09. The van der Waals surface area contributed by atoms with Crippen LogP contribution in [-0.2, 0) is 27.3 Å². The lowest BCUT2D eigenvalue weighted by Gasteiger charge is -2.28. The van der Waals surface area contributed by atoms with E-state index < -0.39 is 0 Å². The first kappa shape index (κ1) is 14.5. The maximum absolute atomic E-state index is 12.4. The van der Waals surface area contributed by atoms with Gasteiger partial charge in [-0.15, -0.1) is 11.3 Å². The summed E-state index contributed by atoms with van der Waals surface area (Å²) in [4.78, 5) is 29.3. The van der Waals surface area contributed by atoms with Crippen molar-refractivity contribution >= 4 is 23.2 Å². The largest absolute Gasteiger partial charge is 0.469 e. The molecule has 1 amide bonds. The number of amides is 1. The van der Waals surface area contributed by atoms with Crippen molar-refractivity contribution < 1.29 is 14.3 Å². The Kier molecular flexibility index (Phi) is 4.26. The molecule has 0 N–H and O–H groups in total. The van der Waals surface area contributed by atoms with Crippen LogP contribution in [0.25, 0.3) is 0 Å². The highest BCUT2D eigenvalue weighted by Gasteiger charge is 2.31. The minimum Gasteiger partial charge on any atom is -0.469 e. The average molecular weight is 308 g/mol. The van der Waals surface area contributed by atoms with Gasteiger partial charge >= 0.3 is 5.97 Å². The van der Waals surface area contributed by atoms with Crippen molar-refractivity contribution in [3.8, 4) is 0 Å². The molecule has 2 aliphatic rings. The van der Waals surface area contributed by atoms with Gasteiger partial charge in [0, 0.05) is 24.5 Å². The third-order valence-corrected chi connectivity index (χ3v) is 5.35. The Morgan fingerprint density at radius 3 is 3.10 bits per heavy atom. The number of fused-ring (bicyclic) bond motifs is 1. The summed E-state index contributed by atoms with van der Waals surface area (Å²) in [6.07, 6.45) is 1.75. The molecule has 21 heavy (non-hydrogen) atoms. The molecule has 1 atom stereocenters. The van der Waals surface area contributed by atoms with Gasteiger partial charge in [-0.25, -0.2) is 0 Å². The number of carbonyl (C=O) groups excluding carboxylic acids is 2. The predicted octanol–water partition coefficient (Wildman–Crippen LogP) is 1.13. The number of esters is 1. The maximum Gasteiger partial charge on any atom is 0.310 e. The molecule has 3 rings (SSSR count). The number of thiophene rings is 1. The van der Waals surface area contributed by atoms with Gasteiger partial charge in [0.1, 0.15) is 0 Å². The highest BCUT2D eigenvalue weighted by Crippen LogP contribution is 2.24. The molecular formula is C15H20N2O3S. The number of nitrogens with zero attached hydrogens (tertiary/aromatic N) is 2. The van der Waals surface area contributed by atoms with Crippen LogP contribution in [0.3, 0.4) is 0 Å². The van der Waals surface area contributed by atoms with E-state index in [-0.39, 0.29) is 17.8 Å². The van der Waals surface area contributed by atoms with Gasteiger partial charge in [0.15, 0.2) is 0 Å². The van der Waals surface area contributed by atoms with E-state index in [4.69, 9.17) is 4.74 Å². The smallest absolute Gasteiger partial charge is 0.310 e. The van der Waals surface area contributed by atoms with Crippen LogP contribution in [0.1, 0.15) is 16.9 Å².